The van der Waals surface area contributed by atoms with Gasteiger partial charge in [0.05, 0.1) is 6.54 Å². The predicted molar refractivity (Wildman–Crippen MR) is 90.5 cm³/mol. The van der Waals surface area contributed by atoms with Crippen LogP contribution in [0.15, 0.2) is 17.3 Å². The number of nitrogens with one attached hydrogen (secondary N) is 3. The van der Waals surface area contributed by atoms with Gasteiger partial charge in [-0.1, -0.05) is 0 Å². The number of carbonyl (C=O) groups excluding carboxylic acids is 1. The summed E-state index contributed by atoms with van der Waals surface area (Å²) in [6.07, 6.45) is 4.17. The highest BCUT2D eigenvalue weighted by molar-refractivity contribution is 5.79. The van der Waals surface area contributed by atoms with Crippen molar-refractivity contribution in [2.75, 3.05) is 20.6 Å². The van der Waals surface area contributed by atoms with Crippen LogP contribution in [0.3, 0.4) is 0 Å². The second kappa shape index (κ2) is 6.34. The first-order chi connectivity index (χ1) is 11.4. The van der Waals surface area contributed by atoms with Crippen molar-refractivity contribution < 1.29 is 4.79 Å². The highest BCUT2D eigenvalue weighted by Crippen LogP contribution is 2.25. The molecule has 1 amide bonds. The van der Waals surface area contributed by atoms with Crippen LogP contribution in [-0.2, 0) is 23.4 Å². The molecule has 1 aliphatic heterocycles. The molecular formula is C15H24N8O. The molecule has 24 heavy (non-hydrogen) atoms. The van der Waals surface area contributed by atoms with Gasteiger partial charge in [-0.15, -0.1) is 0 Å². The molecule has 2 aliphatic rings. The Hall–Kier alpha value is -2.23. The van der Waals surface area contributed by atoms with Crippen LogP contribution >= 0.6 is 0 Å². The molecule has 0 fully saturated rings. The number of likely N-dealkylation sites (N-methyl/N-ethyl adjacent to an activating group) is 1. The lowest BCUT2D eigenvalue weighted by Crippen LogP contribution is -2.50. The maximum Gasteiger partial charge on any atom is 0.234 e. The Morgan fingerprint density at radius 2 is 2.33 bits per heavy atom. The number of rotatable bonds is 4. The average molecular weight is 332 g/mol. The van der Waals surface area contributed by atoms with E-state index in [1.54, 1.807) is 6.20 Å². The second-order valence-corrected chi connectivity index (χ2v) is 6.59. The lowest BCUT2D eigenvalue weighted by atomic mass is 9.90. The number of aromatic nitrogens is 1. The zero-order chi connectivity index (χ0) is 17.3. The van der Waals surface area contributed by atoms with Gasteiger partial charge in [0.15, 0.2) is 0 Å². The van der Waals surface area contributed by atoms with Gasteiger partial charge in [-0.3, -0.25) is 20.9 Å². The summed E-state index contributed by atoms with van der Waals surface area (Å²) in [6.45, 7) is 0.386. The molecule has 0 radical (unpaired) electrons. The maximum atomic E-state index is 12.0. The lowest BCUT2D eigenvalue weighted by molar-refractivity contribution is -0.122. The van der Waals surface area contributed by atoms with Crippen LogP contribution in [0.4, 0.5) is 0 Å². The van der Waals surface area contributed by atoms with Crippen LogP contribution in [0.2, 0.25) is 0 Å². The summed E-state index contributed by atoms with van der Waals surface area (Å²) >= 11 is 0. The van der Waals surface area contributed by atoms with Gasteiger partial charge in [0.2, 0.25) is 17.7 Å². The number of amides is 1. The topological polar surface area (TPSA) is 134 Å². The van der Waals surface area contributed by atoms with Crippen LogP contribution in [0, 0.1) is 0 Å². The molecule has 9 nitrogen and oxygen atoms in total. The Bertz CT molecular complexity index is 673. The molecule has 7 N–H and O–H groups in total. The SMILES string of the molecule is CN(C)CC(=O)NC1CCc2ncc(C3(N)N=C(N)NN3)cc2C1. The first-order valence-electron chi connectivity index (χ1n) is 7.95. The number of fused-ring (bicyclic) bond motifs is 1. The number of aliphatic imine (C=N–C) groups is 1. The van der Waals surface area contributed by atoms with Crippen LogP contribution < -0.4 is 27.6 Å². The van der Waals surface area contributed by atoms with Crippen LogP contribution in [-0.4, -0.2) is 48.4 Å². The zero-order valence-corrected chi connectivity index (χ0v) is 14.0. The standard InChI is InChI=1S/C15H24N8O/c1-23(2)8-13(24)19-11-3-4-12-9(6-11)5-10(7-18-12)15(17)20-14(16)21-22-15/h5,7,11,22H,3-4,6,8,17H2,1-2H3,(H,19,24)(H3,16,20,21). The summed E-state index contributed by atoms with van der Waals surface area (Å²) in [4.78, 5) is 22.5. The molecule has 130 valence electrons. The van der Waals surface area contributed by atoms with E-state index in [0.29, 0.717) is 6.54 Å². The molecule has 1 aromatic heterocycles. The number of hydrogen-bond donors (Lipinski definition) is 5. The highest BCUT2D eigenvalue weighted by Gasteiger charge is 2.33. The fraction of sp³-hybridized carbons (Fsp3) is 0.533. The Morgan fingerprint density at radius 1 is 1.54 bits per heavy atom. The molecule has 0 bridgehead atoms. The third-order valence-corrected chi connectivity index (χ3v) is 4.20. The van der Waals surface area contributed by atoms with Crippen molar-refractivity contribution in [2.24, 2.45) is 16.5 Å². The first kappa shape index (κ1) is 16.6. The molecule has 0 saturated carbocycles. The summed E-state index contributed by atoms with van der Waals surface area (Å²) in [5.74, 6) is -0.844. The molecule has 2 atom stereocenters. The third-order valence-electron chi connectivity index (χ3n) is 4.20. The van der Waals surface area contributed by atoms with E-state index < -0.39 is 5.79 Å². The molecule has 1 aliphatic carbocycles. The van der Waals surface area contributed by atoms with E-state index in [-0.39, 0.29) is 17.9 Å². The van der Waals surface area contributed by atoms with Crippen molar-refractivity contribution in [3.05, 3.63) is 29.1 Å². The lowest BCUT2D eigenvalue weighted by Gasteiger charge is -2.27. The number of pyridine rings is 1. The van der Waals surface area contributed by atoms with E-state index in [2.05, 4.69) is 26.1 Å². The number of hydrogen-bond acceptors (Lipinski definition) is 8. The minimum atomic E-state index is -1.12. The van der Waals surface area contributed by atoms with Gasteiger partial charge in [0.1, 0.15) is 0 Å². The van der Waals surface area contributed by atoms with E-state index in [1.807, 2.05) is 25.1 Å². The molecular weight excluding hydrogens is 308 g/mol. The molecule has 1 aromatic rings. The Labute approximate surface area is 140 Å². The number of nitrogens with two attached hydrogens (primary N) is 2. The van der Waals surface area contributed by atoms with E-state index >= 15 is 0 Å². The van der Waals surface area contributed by atoms with E-state index in [4.69, 9.17) is 11.5 Å². The fourth-order valence-corrected chi connectivity index (χ4v) is 3.05. The fourth-order valence-electron chi connectivity index (χ4n) is 3.05. The quantitative estimate of drug-likeness (QED) is 0.435. The number of aryl methyl sites for hydroxylation is 1. The predicted octanol–water partition coefficient (Wildman–Crippen LogP) is -1.89. The first-order valence-corrected chi connectivity index (χ1v) is 7.95. The molecule has 2 heterocycles. The van der Waals surface area contributed by atoms with Crippen molar-refractivity contribution in [2.45, 2.75) is 31.1 Å². The molecule has 2 unspecified atom stereocenters. The van der Waals surface area contributed by atoms with Gasteiger partial charge in [-0.25, -0.2) is 4.99 Å². The Morgan fingerprint density at radius 3 is 3.00 bits per heavy atom. The van der Waals surface area contributed by atoms with Gasteiger partial charge >= 0.3 is 0 Å². The molecule has 3 rings (SSSR count). The van der Waals surface area contributed by atoms with Gasteiger partial charge in [0, 0.05) is 23.5 Å². The van der Waals surface area contributed by atoms with Gasteiger partial charge in [0.25, 0.3) is 0 Å². The van der Waals surface area contributed by atoms with Crippen molar-refractivity contribution in [3.8, 4) is 0 Å². The average Bonchev–Trinajstić information content (AvgIpc) is 2.86. The number of nitrogens with zero attached hydrogens (tertiary/aromatic N) is 3. The molecule has 0 spiro atoms. The van der Waals surface area contributed by atoms with E-state index in [0.717, 1.165) is 36.1 Å². The summed E-state index contributed by atoms with van der Waals surface area (Å²) in [5, 5.41) is 3.08. The zero-order valence-electron chi connectivity index (χ0n) is 14.0. The third kappa shape index (κ3) is 3.48. The van der Waals surface area contributed by atoms with Crippen molar-refractivity contribution in [3.63, 3.8) is 0 Å². The maximum absolute atomic E-state index is 12.0. The minimum Gasteiger partial charge on any atom is -0.369 e. The van der Waals surface area contributed by atoms with E-state index in [1.165, 1.54) is 0 Å². The number of hydrazine groups is 1. The number of guanidine groups is 1. The van der Waals surface area contributed by atoms with Crippen LogP contribution in [0.25, 0.3) is 0 Å². The Balaban J connectivity index is 1.74. The minimum absolute atomic E-state index is 0.0342. The second-order valence-electron chi connectivity index (χ2n) is 6.59. The van der Waals surface area contributed by atoms with Crippen molar-refractivity contribution in [1.82, 2.24) is 26.1 Å². The van der Waals surface area contributed by atoms with Gasteiger partial charge in [-0.2, -0.15) is 5.43 Å². The highest BCUT2D eigenvalue weighted by atomic mass is 16.2. The van der Waals surface area contributed by atoms with Gasteiger partial charge in [-0.05, 0) is 45.0 Å². The summed E-state index contributed by atoms with van der Waals surface area (Å²) in [6, 6.07) is 2.10. The van der Waals surface area contributed by atoms with E-state index in [9.17, 15) is 4.79 Å². The summed E-state index contributed by atoms with van der Waals surface area (Å²) in [7, 11) is 3.75. The molecule has 0 saturated heterocycles. The van der Waals surface area contributed by atoms with Crippen molar-refractivity contribution in [1.29, 1.82) is 0 Å². The monoisotopic (exact) mass is 332 g/mol. The van der Waals surface area contributed by atoms with Crippen LogP contribution in [0.1, 0.15) is 23.2 Å². The number of carbonyl (C=O) groups is 1. The van der Waals surface area contributed by atoms with Crippen molar-refractivity contribution >= 4 is 11.9 Å². The van der Waals surface area contributed by atoms with Crippen LogP contribution in [0.5, 0.6) is 0 Å². The summed E-state index contributed by atoms with van der Waals surface area (Å²) < 4.78 is 0. The molecule has 0 aromatic carbocycles. The smallest absolute Gasteiger partial charge is 0.234 e. The largest absolute Gasteiger partial charge is 0.369 e. The molecule has 9 heteroatoms. The Kier molecular flexibility index (Phi) is 4.39. The normalized spacial score (nSPS) is 25.8. The van der Waals surface area contributed by atoms with Gasteiger partial charge < -0.3 is 16.0 Å². The summed E-state index contributed by atoms with van der Waals surface area (Å²) in [5.41, 5.74) is 20.3.